The molecule has 0 bridgehead atoms. The Hall–Kier alpha value is -2.28. The lowest BCUT2D eigenvalue weighted by molar-refractivity contribution is -0.115. The van der Waals surface area contributed by atoms with Crippen molar-refractivity contribution in [2.75, 3.05) is 0 Å². The van der Waals surface area contributed by atoms with E-state index in [9.17, 15) is 9.59 Å². The molecule has 0 aliphatic heterocycles. The zero-order valence-corrected chi connectivity index (χ0v) is 7.86. The minimum absolute atomic E-state index is 0.183. The third-order valence-corrected chi connectivity index (χ3v) is 1.76. The van der Waals surface area contributed by atoms with E-state index >= 15 is 0 Å². The van der Waals surface area contributed by atoms with Crippen LogP contribution < -0.4 is 5.32 Å². The second kappa shape index (κ2) is 4.82. The summed E-state index contributed by atoms with van der Waals surface area (Å²) in [4.78, 5) is 21.4. The molecule has 2 N–H and O–H groups in total. The van der Waals surface area contributed by atoms with Crippen LogP contribution in [-0.4, -0.2) is 17.0 Å². The molecule has 1 amide bonds. The van der Waals surface area contributed by atoms with Crippen LogP contribution >= 0.6 is 0 Å². The van der Waals surface area contributed by atoms with Crippen LogP contribution in [0.1, 0.15) is 15.9 Å². The van der Waals surface area contributed by atoms with Crippen LogP contribution in [0.3, 0.4) is 0 Å². The number of carboxylic acid groups (broad SMARTS) is 1. The molecule has 0 heterocycles. The van der Waals surface area contributed by atoms with Crippen LogP contribution in [0.2, 0.25) is 0 Å². The van der Waals surface area contributed by atoms with Crippen LogP contribution in [0.5, 0.6) is 0 Å². The van der Waals surface area contributed by atoms with E-state index < -0.39 is 11.9 Å². The normalized spacial score (nSPS) is 9.00. The first-order chi connectivity index (χ1) is 7.13. The van der Waals surface area contributed by atoms with Gasteiger partial charge in [-0.05, 0) is 23.6 Å². The molecule has 0 aliphatic carbocycles. The Bertz CT molecular complexity index is 432. The second-order valence-corrected chi connectivity index (χ2v) is 2.83. The third-order valence-electron chi connectivity index (χ3n) is 1.76. The average Bonchev–Trinajstić information content (AvgIpc) is 2.26. The van der Waals surface area contributed by atoms with Crippen molar-refractivity contribution >= 4 is 11.9 Å². The molecular weight excluding hydrogens is 194 g/mol. The number of nitrogens with one attached hydrogen (secondary N) is 1. The maximum Gasteiger partial charge on any atom is 0.335 e. The molecule has 0 radical (unpaired) electrons. The van der Waals surface area contributed by atoms with E-state index in [1.54, 1.807) is 12.1 Å². The zero-order chi connectivity index (χ0) is 11.3. The first-order valence-corrected chi connectivity index (χ1v) is 4.20. The molecular formula is C11H9NO3. The molecule has 0 saturated carbocycles. The molecule has 1 aromatic carbocycles. The first-order valence-electron chi connectivity index (χ1n) is 4.20. The Labute approximate surface area is 86.9 Å². The van der Waals surface area contributed by atoms with Gasteiger partial charge in [0.15, 0.2) is 0 Å². The summed E-state index contributed by atoms with van der Waals surface area (Å²) in [5.74, 6) is 0.388. The summed E-state index contributed by atoms with van der Waals surface area (Å²) in [5, 5.41) is 11.2. The standard InChI is InChI=1S/C11H9NO3/c1-2-10(13)12-7-8-4-3-5-9(6-8)11(14)15/h1,3-6H,7H2,(H,12,13)(H,14,15). The lowest BCUT2D eigenvalue weighted by Crippen LogP contribution is -2.20. The van der Waals surface area contributed by atoms with Crippen LogP contribution in [0.15, 0.2) is 24.3 Å². The molecule has 0 unspecified atom stereocenters. The Morgan fingerprint density at radius 1 is 1.47 bits per heavy atom. The number of benzene rings is 1. The highest BCUT2D eigenvalue weighted by Gasteiger charge is 2.03. The van der Waals surface area contributed by atoms with Gasteiger partial charge in [0, 0.05) is 6.54 Å². The van der Waals surface area contributed by atoms with Crippen LogP contribution in [0, 0.1) is 12.3 Å². The number of carbonyl (C=O) groups is 2. The largest absolute Gasteiger partial charge is 0.478 e. The van der Waals surface area contributed by atoms with Gasteiger partial charge in [0.05, 0.1) is 5.56 Å². The fourth-order valence-corrected chi connectivity index (χ4v) is 1.05. The lowest BCUT2D eigenvalue weighted by Gasteiger charge is -2.02. The number of aromatic carboxylic acids is 1. The Morgan fingerprint density at radius 2 is 2.20 bits per heavy atom. The SMILES string of the molecule is C#CC(=O)NCc1cccc(C(=O)O)c1. The van der Waals surface area contributed by atoms with E-state index in [2.05, 4.69) is 5.32 Å². The Morgan fingerprint density at radius 3 is 2.80 bits per heavy atom. The third kappa shape index (κ3) is 3.16. The predicted molar refractivity (Wildman–Crippen MR) is 54.1 cm³/mol. The lowest BCUT2D eigenvalue weighted by atomic mass is 10.1. The van der Waals surface area contributed by atoms with Crippen LogP contribution in [0.4, 0.5) is 0 Å². The molecule has 0 atom stereocenters. The van der Waals surface area contributed by atoms with E-state index in [0.29, 0.717) is 5.56 Å². The molecule has 0 aliphatic rings. The van der Waals surface area contributed by atoms with Gasteiger partial charge in [0.25, 0.3) is 5.91 Å². The van der Waals surface area contributed by atoms with Gasteiger partial charge in [-0.15, -0.1) is 6.42 Å². The van der Waals surface area contributed by atoms with E-state index in [0.717, 1.165) is 0 Å². The fraction of sp³-hybridized carbons (Fsp3) is 0.0909. The Balaban J connectivity index is 2.71. The monoisotopic (exact) mass is 203 g/mol. The maximum atomic E-state index is 10.7. The van der Waals surface area contributed by atoms with E-state index in [4.69, 9.17) is 11.5 Å². The summed E-state index contributed by atoms with van der Waals surface area (Å²) in [6.45, 7) is 0.226. The zero-order valence-electron chi connectivity index (χ0n) is 7.86. The molecule has 0 spiro atoms. The molecule has 0 aromatic heterocycles. The highest BCUT2D eigenvalue weighted by Crippen LogP contribution is 2.04. The Kier molecular flexibility index (Phi) is 3.47. The molecule has 4 heteroatoms. The number of carbonyl (C=O) groups excluding carboxylic acids is 1. The van der Waals surface area contributed by atoms with Gasteiger partial charge in [0.2, 0.25) is 0 Å². The van der Waals surface area contributed by atoms with Crippen molar-refractivity contribution < 1.29 is 14.7 Å². The molecule has 0 fully saturated rings. The van der Waals surface area contributed by atoms with Crippen molar-refractivity contribution in [2.24, 2.45) is 0 Å². The van der Waals surface area contributed by atoms with Gasteiger partial charge < -0.3 is 10.4 Å². The topological polar surface area (TPSA) is 66.4 Å². The summed E-state index contributed by atoms with van der Waals surface area (Å²) < 4.78 is 0. The minimum atomic E-state index is -1.000. The van der Waals surface area contributed by atoms with Crippen molar-refractivity contribution in [3.63, 3.8) is 0 Å². The smallest absolute Gasteiger partial charge is 0.335 e. The summed E-state index contributed by atoms with van der Waals surface area (Å²) >= 11 is 0. The summed E-state index contributed by atoms with van der Waals surface area (Å²) in [7, 11) is 0. The number of hydrogen-bond donors (Lipinski definition) is 2. The van der Waals surface area contributed by atoms with Crippen LogP contribution in [0.25, 0.3) is 0 Å². The molecule has 76 valence electrons. The number of amides is 1. The first kappa shape index (κ1) is 10.8. The van der Waals surface area contributed by atoms with Gasteiger partial charge >= 0.3 is 5.97 Å². The molecule has 4 nitrogen and oxygen atoms in total. The van der Waals surface area contributed by atoms with Gasteiger partial charge in [-0.3, -0.25) is 4.79 Å². The number of rotatable bonds is 3. The molecule has 15 heavy (non-hydrogen) atoms. The minimum Gasteiger partial charge on any atom is -0.478 e. The van der Waals surface area contributed by atoms with Crippen molar-refractivity contribution in [3.05, 3.63) is 35.4 Å². The van der Waals surface area contributed by atoms with Crippen molar-refractivity contribution in [1.82, 2.24) is 5.32 Å². The number of carboxylic acids is 1. The van der Waals surface area contributed by atoms with Crippen molar-refractivity contribution in [1.29, 1.82) is 0 Å². The second-order valence-electron chi connectivity index (χ2n) is 2.83. The van der Waals surface area contributed by atoms with E-state index in [1.165, 1.54) is 12.1 Å². The molecule has 1 rings (SSSR count). The summed E-state index contributed by atoms with van der Waals surface area (Å²) in [6, 6.07) is 6.29. The van der Waals surface area contributed by atoms with Crippen molar-refractivity contribution in [3.8, 4) is 12.3 Å². The fourth-order valence-electron chi connectivity index (χ4n) is 1.05. The number of hydrogen-bond acceptors (Lipinski definition) is 2. The molecule has 1 aromatic rings. The van der Waals surface area contributed by atoms with Gasteiger partial charge in [-0.2, -0.15) is 0 Å². The van der Waals surface area contributed by atoms with Gasteiger partial charge in [-0.25, -0.2) is 4.79 Å². The van der Waals surface area contributed by atoms with E-state index in [-0.39, 0.29) is 12.1 Å². The predicted octanol–water partition coefficient (Wildman–Crippen LogP) is 0.634. The molecule has 0 saturated heterocycles. The highest BCUT2D eigenvalue weighted by atomic mass is 16.4. The van der Waals surface area contributed by atoms with E-state index in [1.807, 2.05) is 5.92 Å². The number of terminal acetylenes is 1. The summed E-state index contributed by atoms with van der Waals surface area (Å²) in [6.07, 6.45) is 4.86. The van der Waals surface area contributed by atoms with Gasteiger partial charge in [0.1, 0.15) is 0 Å². The highest BCUT2D eigenvalue weighted by molar-refractivity contribution is 5.92. The summed E-state index contributed by atoms with van der Waals surface area (Å²) in [5.41, 5.74) is 0.876. The average molecular weight is 203 g/mol. The van der Waals surface area contributed by atoms with Gasteiger partial charge in [-0.1, -0.05) is 12.1 Å². The van der Waals surface area contributed by atoms with Crippen molar-refractivity contribution in [2.45, 2.75) is 6.54 Å². The quantitative estimate of drug-likeness (QED) is 0.708. The van der Waals surface area contributed by atoms with Crippen LogP contribution in [-0.2, 0) is 11.3 Å². The maximum absolute atomic E-state index is 10.7.